The van der Waals surface area contributed by atoms with Gasteiger partial charge in [0.25, 0.3) is 10.0 Å². The minimum Gasteiger partial charge on any atom is -0.308 e. The monoisotopic (exact) mass is 527 g/mol. The predicted molar refractivity (Wildman–Crippen MR) is 132 cm³/mol. The second-order valence-corrected chi connectivity index (χ2v) is 12.8. The Bertz CT molecular complexity index is 1290. The van der Waals surface area contributed by atoms with Crippen LogP contribution < -0.4 is 9.62 Å². The van der Waals surface area contributed by atoms with E-state index in [0.29, 0.717) is 4.34 Å². The maximum atomic E-state index is 14.8. The molecule has 6 nitrogen and oxygen atoms in total. The number of halogens is 2. The molecule has 0 saturated carbocycles. The van der Waals surface area contributed by atoms with Gasteiger partial charge >= 0.3 is 0 Å². The molecule has 0 spiro atoms. The van der Waals surface area contributed by atoms with E-state index in [1.54, 1.807) is 24.3 Å². The van der Waals surface area contributed by atoms with Crippen LogP contribution in [0.15, 0.2) is 46.7 Å². The molecule has 1 aliphatic heterocycles. The molecule has 2 atom stereocenters. The number of sulfonamides is 1. The predicted octanol–water partition coefficient (Wildman–Crippen LogP) is 4.98. The Balaban J connectivity index is 1.49. The molecule has 0 radical (unpaired) electrons. The third-order valence-electron chi connectivity index (χ3n) is 5.68. The zero-order valence-electron chi connectivity index (χ0n) is 18.2. The number of rotatable bonds is 7. The molecular formula is C22H23ClFN3O3S3. The number of anilines is 1. The fourth-order valence-electron chi connectivity index (χ4n) is 3.62. The molecule has 1 aromatic carbocycles. The highest BCUT2D eigenvalue weighted by Gasteiger charge is 2.37. The standard InChI is InChI=1S/C22H23ClFN3O3S3/c1-13(26(2)3)14-4-5-17(15(24)12-14)27-11-10-16(22(27)28)25-33(29,30)21-9-7-19(32-21)18-6-8-20(23)31-18/h4-9,12-13,16,25H,10-11H2,1-3H3/t13?,16-/m0/s1. The second-order valence-electron chi connectivity index (χ2n) is 8.03. The maximum absolute atomic E-state index is 14.8. The SMILES string of the molecule is CC(c1ccc(N2CC[C@H](NS(=O)(=O)c3ccc(-c4ccc(Cl)s4)s3)C2=O)c(F)c1)N(C)C. The summed E-state index contributed by atoms with van der Waals surface area (Å²) in [5.74, 6) is -0.969. The van der Waals surface area contributed by atoms with Gasteiger partial charge in [0.2, 0.25) is 5.91 Å². The molecule has 1 amide bonds. The Kier molecular flexibility index (Phi) is 6.95. The van der Waals surface area contributed by atoms with Gasteiger partial charge in [-0.05, 0) is 69.4 Å². The lowest BCUT2D eigenvalue weighted by Gasteiger charge is -2.22. The number of hydrogen-bond donors (Lipinski definition) is 1. The van der Waals surface area contributed by atoms with Gasteiger partial charge in [-0.3, -0.25) is 4.79 Å². The fourth-order valence-corrected chi connectivity index (χ4v) is 7.30. The molecule has 1 aliphatic rings. The van der Waals surface area contributed by atoms with Crippen LogP contribution in [0.5, 0.6) is 0 Å². The van der Waals surface area contributed by atoms with E-state index in [4.69, 9.17) is 11.6 Å². The van der Waals surface area contributed by atoms with Gasteiger partial charge in [0.05, 0.1) is 10.0 Å². The number of nitrogens with one attached hydrogen (secondary N) is 1. The number of carbonyl (C=O) groups excluding carboxylic acids is 1. The quantitative estimate of drug-likeness (QED) is 0.470. The summed E-state index contributed by atoms with van der Waals surface area (Å²) in [4.78, 5) is 17.9. The Hall–Kier alpha value is -1.82. The summed E-state index contributed by atoms with van der Waals surface area (Å²) in [7, 11) is -0.0947. The van der Waals surface area contributed by atoms with Crippen LogP contribution in [-0.2, 0) is 14.8 Å². The van der Waals surface area contributed by atoms with Crippen molar-refractivity contribution in [1.29, 1.82) is 0 Å². The third-order valence-corrected chi connectivity index (χ3v) is 10.2. The number of hydrogen-bond acceptors (Lipinski definition) is 6. The normalized spacial score (nSPS) is 17.8. The average molecular weight is 528 g/mol. The highest BCUT2D eigenvalue weighted by molar-refractivity contribution is 7.91. The van der Waals surface area contributed by atoms with E-state index in [2.05, 4.69) is 4.72 Å². The smallest absolute Gasteiger partial charge is 0.250 e. The minimum atomic E-state index is -3.91. The van der Waals surface area contributed by atoms with Crippen molar-refractivity contribution in [3.63, 3.8) is 0 Å². The van der Waals surface area contributed by atoms with Crippen molar-refractivity contribution in [2.45, 2.75) is 29.6 Å². The summed E-state index contributed by atoms with van der Waals surface area (Å²) in [6, 6.07) is 10.7. The van der Waals surface area contributed by atoms with Crippen LogP contribution in [0.1, 0.15) is 24.9 Å². The van der Waals surface area contributed by atoms with E-state index in [-0.39, 0.29) is 28.9 Å². The summed E-state index contributed by atoms with van der Waals surface area (Å²) >= 11 is 8.44. The van der Waals surface area contributed by atoms with E-state index in [1.807, 2.05) is 32.0 Å². The molecule has 1 saturated heterocycles. The van der Waals surface area contributed by atoms with Crippen LogP contribution in [0, 0.1) is 5.82 Å². The van der Waals surface area contributed by atoms with Gasteiger partial charge in [-0.1, -0.05) is 17.7 Å². The van der Waals surface area contributed by atoms with Gasteiger partial charge in [-0.2, -0.15) is 4.72 Å². The molecule has 11 heteroatoms. The first kappa shape index (κ1) is 24.3. The Morgan fingerprint density at radius 2 is 1.85 bits per heavy atom. The van der Waals surface area contributed by atoms with Gasteiger partial charge in [0, 0.05) is 22.3 Å². The van der Waals surface area contributed by atoms with Crippen molar-refractivity contribution in [1.82, 2.24) is 9.62 Å². The third kappa shape index (κ3) is 5.01. The molecule has 2 aromatic heterocycles. The van der Waals surface area contributed by atoms with Crippen LogP contribution in [0.25, 0.3) is 9.75 Å². The van der Waals surface area contributed by atoms with E-state index in [9.17, 15) is 17.6 Å². The first-order chi connectivity index (χ1) is 15.6. The lowest BCUT2D eigenvalue weighted by atomic mass is 10.1. The van der Waals surface area contributed by atoms with Crippen molar-refractivity contribution < 1.29 is 17.6 Å². The molecule has 3 heterocycles. The van der Waals surface area contributed by atoms with Crippen molar-refractivity contribution in [3.8, 4) is 9.75 Å². The highest BCUT2D eigenvalue weighted by Crippen LogP contribution is 2.37. The maximum Gasteiger partial charge on any atom is 0.250 e. The van der Waals surface area contributed by atoms with Gasteiger partial charge in [0.1, 0.15) is 16.1 Å². The van der Waals surface area contributed by atoms with Crippen molar-refractivity contribution in [2.24, 2.45) is 0 Å². The first-order valence-corrected chi connectivity index (χ1v) is 13.7. The molecule has 0 aliphatic carbocycles. The van der Waals surface area contributed by atoms with Crippen LogP contribution in [0.3, 0.4) is 0 Å². The molecule has 1 N–H and O–H groups in total. The number of amides is 1. The van der Waals surface area contributed by atoms with E-state index in [0.717, 1.165) is 26.7 Å². The Morgan fingerprint density at radius 1 is 1.15 bits per heavy atom. The molecule has 176 valence electrons. The van der Waals surface area contributed by atoms with Gasteiger partial charge in [0.15, 0.2) is 0 Å². The van der Waals surface area contributed by atoms with Crippen molar-refractivity contribution in [2.75, 3.05) is 25.5 Å². The van der Waals surface area contributed by atoms with Crippen molar-refractivity contribution >= 4 is 55.9 Å². The van der Waals surface area contributed by atoms with Gasteiger partial charge in [-0.15, -0.1) is 22.7 Å². The Labute approximate surface area is 205 Å². The van der Waals surface area contributed by atoms with E-state index >= 15 is 0 Å². The molecule has 3 aromatic rings. The van der Waals surface area contributed by atoms with Crippen LogP contribution in [-0.4, -0.2) is 45.9 Å². The topological polar surface area (TPSA) is 69.7 Å². The Morgan fingerprint density at radius 3 is 2.48 bits per heavy atom. The number of carbonyl (C=O) groups is 1. The molecule has 4 rings (SSSR count). The molecule has 1 fully saturated rings. The number of thiophene rings is 2. The molecular weight excluding hydrogens is 505 g/mol. The first-order valence-electron chi connectivity index (χ1n) is 10.2. The largest absolute Gasteiger partial charge is 0.308 e. The fraction of sp³-hybridized carbons (Fsp3) is 0.318. The summed E-state index contributed by atoms with van der Waals surface area (Å²) in [6.07, 6.45) is 0.256. The van der Waals surface area contributed by atoms with Crippen molar-refractivity contribution in [3.05, 3.63) is 58.2 Å². The summed E-state index contributed by atoms with van der Waals surface area (Å²) < 4.78 is 43.9. The zero-order chi connectivity index (χ0) is 23.9. The zero-order valence-corrected chi connectivity index (χ0v) is 21.4. The second kappa shape index (κ2) is 9.44. The molecule has 0 bridgehead atoms. The van der Waals surface area contributed by atoms with Gasteiger partial charge in [-0.25, -0.2) is 12.8 Å². The average Bonchev–Trinajstić information content (AvgIpc) is 3.49. The number of benzene rings is 1. The van der Waals surface area contributed by atoms with Gasteiger partial charge < -0.3 is 9.80 Å². The van der Waals surface area contributed by atoms with Crippen LogP contribution in [0.2, 0.25) is 4.34 Å². The lowest BCUT2D eigenvalue weighted by molar-refractivity contribution is -0.118. The summed E-state index contributed by atoms with van der Waals surface area (Å²) in [5, 5.41) is 0. The number of nitrogens with zero attached hydrogens (tertiary/aromatic N) is 2. The molecule has 1 unspecified atom stereocenters. The minimum absolute atomic E-state index is 0.0169. The molecule has 33 heavy (non-hydrogen) atoms. The van der Waals surface area contributed by atoms with E-state index in [1.165, 1.54) is 28.4 Å². The summed E-state index contributed by atoms with van der Waals surface area (Å²) in [5.41, 5.74) is 0.954. The van der Waals surface area contributed by atoms with Crippen LogP contribution in [0.4, 0.5) is 10.1 Å². The van der Waals surface area contributed by atoms with E-state index < -0.39 is 27.8 Å². The van der Waals surface area contributed by atoms with Crippen LogP contribution >= 0.6 is 34.3 Å². The lowest BCUT2D eigenvalue weighted by Crippen LogP contribution is -2.41. The summed E-state index contributed by atoms with van der Waals surface area (Å²) in [6.45, 7) is 2.19. The highest BCUT2D eigenvalue weighted by atomic mass is 35.5.